The Morgan fingerprint density at radius 2 is 2.17 bits per heavy atom. The maximum absolute atomic E-state index is 13.3. The molecule has 0 radical (unpaired) electrons. The van der Waals surface area contributed by atoms with E-state index >= 15 is 0 Å². The molecule has 9 heteroatoms. The first kappa shape index (κ1) is 17.7. The number of nitrogens with two attached hydrogens (primary N) is 1. The Morgan fingerprint density at radius 3 is 2.78 bits per heavy atom. The second-order valence-electron chi connectivity index (χ2n) is 5.42. The van der Waals surface area contributed by atoms with Gasteiger partial charge in [0.15, 0.2) is 0 Å². The Bertz CT molecular complexity index is 765. The molecule has 0 aliphatic heterocycles. The van der Waals surface area contributed by atoms with E-state index in [1.165, 1.54) is 0 Å². The Hall–Kier alpha value is -1.66. The molecule has 0 aliphatic rings. The fourth-order valence-electron chi connectivity index (χ4n) is 2.25. The molecular formula is C14H22FN4O3P. The van der Waals surface area contributed by atoms with Crippen LogP contribution in [0.3, 0.4) is 0 Å². The van der Waals surface area contributed by atoms with Gasteiger partial charge in [0.1, 0.15) is 31.9 Å². The van der Waals surface area contributed by atoms with Crippen LogP contribution in [-0.2, 0) is 15.8 Å². The number of rotatable bonds is 8. The number of nitrogens with zero attached hydrogens (tertiary/aromatic N) is 2. The number of aromatic nitrogens is 3. The molecule has 128 valence electrons. The van der Waals surface area contributed by atoms with Crippen LogP contribution < -0.4 is 11.3 Å². The molecule has 7 nitrogen and oxygen atoms in total. The maximum atomic E-state index is 13.3. The highest BCUT2D eigenvalue weighted by Crippen LogP contribution is 2.44. The van der Waals surface area contributed by atoms with E-state index in [-0.39, 0.29) is 24.4 Å². The van der Waals surface area contributed by atoms with Crippen molar-refractivity contribution in [1.82, 2.24) is 14.5 Å². The molecule has 0 spiro atoms. The number of hydrogen-bond acceptors (Lipinski definition) is 5. The molecule has 0 fully saturated rings. The molecule has 1 atom stereocenters. The van der Waals surface area contributed by atoms with Gasteiger partial charge in [-0.15, -0.1) is 0 Å². The SMILES string of the molecule is CCP(=O)(CC)CO[C@@H](CF)Cn1ccc2c(=O)[nH]c(N)nc21. The predicted octanol–water partition coefficient (Wildman–Crippen LogP) is 2.02. The minimum atomic E-state index is -2.39. The first-order chi connectivity index (χ1) is 10.9. The van der Waals surface area contributed by atoms with Crippen LogP contribution in [0.1, 0.15) is 13.8 Å². The quantitative estimate of drug-likeness (QED) is 0.713. The highest BCUT2D eigenvalue weighted by Gasteiger charge is 2.21. The summed E-state index contributed by atoms with van der Waals surface area (Å²) in [5.41, 5.74) is 5.58. The van der Waals surface area contributed by atoms with E-state index in [1.807, 2.05) is 13.8 Å². The van der Waals surface area contributed by atoms with Crippen LogP contribution in [0.5, 0.6) is 0 Å². The topological polar surface area (TPSA) is 103 Å². The number of ether oxygens (including phenoxy) is 1. The number of H-pyrrole nitrogens is 1. The Balaban J connectivity index is 2.16. The fourth-order valence-corrected chi connectivity index (χ4v) is 3.55. The van der Waals surface area contributed by atoms with Crippen molar-refractivity contribution in [2.24, 2.45) is 0 Å². The summed E-state index contributed by atoms with van der Waals surface area (Å²) in [4.78, 5) is 18.3. The Kier molecular flexibility index (Phi) is 5.59. The fraction of sp³-hybridized carbons (Fsp3) is 0.571. The summed E-state index contributed by atoms with van der Waals surface area (Å²) in [6, 6.07) is 1.60. The van der Waals surface area contributed by atoms with Gasteiger partial charge in [0.2, 0.25) is 5.95 Å². The van der Waals surface area contributed by atoms with Gasteiger partial charge >= 0.3 is 0 Å². The van der Waals surface area contributed by atoms with Crippen molar-refractivity contribution >= 4 is 24.1 Å². The van der Waals surface area contributed by atoms with Gasteiger partial charge in [-0.1, -0.05) is 13.8 Å². The van der Waals surface area contributed by atoms with E-state index in [4.69, 9.17) is 10.5 Å². The largest absolute Gasteiger partial charge is 0.369 e. The molecule has 0 saturated heterocycles. The molecule has 0 unspecified atom stereocenters. The summed E-state index contributed by atoms with van der Waals surface area (Å²) in [5, 5.41) is 0.379. The molecule has 23 heavy (non-hydrogen) atoms. The smallest absolute Gasteiger partial charge is 0.261 e. The lowest BCUT2D eigenvalue weighted by atomic mass is 10.4. The van der Waals surface area contributed by atoms with Crippen LogP contribution in [0.2, 0.25) is 0 Å². The molecule has 2 rings (SSSR count). The molecule has 0 saturated carbocycles. The van der Waals surface area contributed by atoms with Crippen LogP contribution in [0.25, 0.3) is 11.0 Å². The van der Waals surface area contributed by atoms with E-state index < -0.39 is 19.9 Å². The van der Waals surface area contributed by atoms with Crippen molar-refractivity contribution in [3.8, 4) is 0 Å². The lowest BCUT2D eigenvalue weighted by Gasteiger charge is -2.20. The molecule has 0 amide bonds. The number of hydrogen-bond donors (Lipinski definition) is 2. The second kappa shape index (κ2) is 7.27. The van der Waals surface area contributed by atoms with Crippen LogP contribution >= 0.6 is 7.14 Å². The average Bonchev–Trinajstić information content (AvgIpc) is 2.94. The van der Waals surface area contributed by atoms with Crippen LogP contribution in [0.4, 0.5) is 10.3 Å². The monoisotopic (exact) mass is 344 g/mol. The van der Waals surface area contributed by atoms with E-state index in [9.17, 15) is 13.8 Å². The zero-order valence-corrected chi connectivity index (χ0v) is 14.2. The summed E-state index contributed by atoms with van der Waals surface area (Å²) >= 11 is 0. The summed E-state index contributed by atoms with van der Waals surface area (Å²) in [6.07, 6.45) is 2.01. The molecule has 0 bridgehead atoms. The number of halogens is 1. The second-order valence-corrected chi connectivity index (χ2v) is 9.06. The normalized spacial score (nSPS) is 13.5. The van der Waals surface area contributed by atoms with Crippen molar-refractivity contribution in [3.05, 3.63) is 22.6 Å². The molecule has 2 heterocycles. The summed E-state index contributed by atoms with van der Waals surface area (Å²) in [5.74, 6) is 0.00151. The van der Waals surface area contributed by atoms with Crippen molar-refractivity contribution in [2.45, 2.75) is 26.5 Å². The van der Waals surface area contributed by atoms with Gasteiger partial charge in [-0.2, -0.15) is 4.98 Å². The summed E-state index contributed by atoms with van der Waals surface area (Å²) < 4.78 is 32.7. The van der Waals surface area contributed by atoms with Crippen LogP contribution in [-0.4, -0.2) is 46.0 Å². The van der Waals surface area contributed by atoms with Gasteiger partial charge in [-0.05, 0) is 6.07 Å². The first-order valence-corrected chi connectivity index (χ1v) is 9.78. The minimum Gasteiger partial charge on any atom is -0.369 e. The zero-order valence-electron chi connectivity index (χ0n) is 13.3. The number of alkyl halides is 1. The van der Waals surface area contributed by atoms with E-state index in [1.54, 1.807) is 16.8 Å². The molecule has 2 aromatic rings. The third kappa shape index (κ3) is 4.00. The van der Waals surface area contributed by atoms with Gasteiger partial charge in [-0.25, -0.2) is 4.39 Å². The van der Waals surface area contributed by atoms with Gasteiger partial charge in [0, 0.05) is 18.5 Å². The van der Waals surface area contributed by atoms with Crippen molar-refractivity contribution in [1.29, 1.82) is 0 Å². The molecule has 2 aromatic heterocycles. The maximum Gasteiger partial charge on any atom is 0.261 e. The van der Waals surface area contributed by atoms with Crippen molar-refractivity contribution in [3.63, 3.8) is 0 Å². The Morgan fingerprint density at radius 1 is 1.48 bits per heavy atom. The minimum absolute atomic E-state index is 0.00151. The zero-order chi connectivity index (χ0) is 17.0. The van der Waals surface area contributed by atoms with E-state index in [2.05, 4.69) is 9.97 Å². The van der Waals surface area contributed by atoms with Crippen molar-refractivity contribution in [2.75, 3.05) is 31.1 Å². The van der Waals surface area contributed by atoms with Gasteiger partial charge in [-0.3, -0.25) is 9.78 Å². The predicted molar refractivity (Wildman–Crippen MR) is 89.2 cm³/mol. The number of aromatic amines is 1. The third-order valence-electron chi connectivity index (χ3n) is 3.92. The first-order valence-electron chi connectivity index (χ1n) is 7.51. The van der Waals surface area contributed by atoms with Crippen LogP contribution in [0.15, 0.2) is 17.1 Å². The Labute approximate surface area is 133 Å². The van der Waals surface area contributed by atoms with E-state index in [0.29, 0.717) is 23.4 Å². The molecule has 0 aromatic carbocycles. The van der Waals surface area contributed by atoms with Gasteiger partial charge in [0.25, 0.3) is 5.56 Å². The van der Waals surface area contributed by atoms with E-state index in [0.717, 1.165) is 0 Å². The summed E-state index contributed by atoms with van der Waals surface area (Å²) in [7, 11) is -2.39. The number of anilines is 1. The van der Waals surface area contributed by atoms with Crippen LogP contribution in [0, 0.1) is 0 Å². The lowest BCUT2D eigenvalue weighted by Crippen LogP contribution is -2.23. The number of nitrogens with one attached hydrogen (secondary N) is 1. The average molecular weight is 344 g/mol. The highest BCUT2D eigenvalue weighted by molar-refractivity contribution is 7.63. The molecule has 0 aliphatic carbocycles. The molecular weight excluding hydrogens is 322 g/mol. The van der Waals surface area contributed by atoms with Gasteiger partial charge < -0.3 is 19.6 Å². The lowest BCUT2D eigenvalue weighted by molar-refractivity contribution is 0.0522. The standard InChI is InChI=1S/C14H22FN4O3P/c1-3-23(21,4-2)9-22-10(7-15)8-19-6-5-11-12(19)17-14(16)18-13(11)20/h5-6,10H,3-4,7-9H2,1-2H3,(H3,16,17,18,20)/t10-/m0/s1. The highest BCUT2D eigenvalue weighted by atomic mass is 31.2. The number of fused-ring (bicyclic) bond motifs is 1. The summed E-state index contributed by atoms with van der Waals surface area (Å²) in [6.45, 7) is 3.14. The third-order valence-corrected chi connectivity index (χ3v) is 6.84. The van der Waals surface area contributed by atoms with Gasteiger partial charge in [0.05, 0.1) is 11.9 Å². The van der Waals surface area contributed by atoms with Crippen molar-refractivity contribution < 1.29 is 13.7 Å². The number of nitrogen functional groups attached to an aromatic ring is 1. The molecule has 3 N–H and O–H groups in total.